The maximum absolute atomic E-state index is 12.5. The number of ether oxygens (including phenoxy) is 1. The number of guanidine groups is 1. The van der Waals surface area contributed by atoms with E-state index >= 15 is 0 Å². The van der Waals surface area contributed by atoms with Crippen LogP contribution >= 0.6 is 0 Å². The number of alkyl halides is 3. The van der Waals surface area contributed by atoms with Gasteiger partial charge in [-0.1, -0.05) is 0 Å². The molecular weight excluding hydrogens is 357 g/mol. The zero-order valence-electron chi connectivity index (χ0n) is 14.6. The van der Waals surface area contributed by atoms with Crippen LogP contribution in [0.2, 0.25) is 0 Å². The molecule has 0 aliphatic heterocycles. The number of likely N-dealkylation sites (N-methyl/N-ethyl adjacent to an activating group) is 2. The van der Waals surface area contributed by atoms with Crippen molar-refractivity contribution >= 4 is 23.0 Å². The zero-order valence-corrected chi connectivity index (χ0v) is 14.6. The van der Waals surface area contributed by atoms with Crippen molar-refractivity contribution in [1.29, 1.82) is 0 Å². The fourth-order valence-corrected chi connectivity index (χ4v) is 1.97. The first-order chi connectivity index (χ1) is 11.9. The van der Waals surface area contributed by atoms with Crippen molar-refractivity contribution in [3.63, 3.8) is 0 Å². The molecule has 0 saturated carbocycles. The number of hydrogen-bond donors (Lipinski definition) is 2. The molecule has 0 unspecified atom stereocenters. The number of nitrogens with zero attached hydrogens (tertiary/aromatic N) is 4. The molecular formula is C14H21F3N6O3. The van der Waals surface area contributed by atoms with E-state index in [1.165, 1.54) is 4.90 Å². The van der Waals surface area contributed by atoms with E-state index in [0.717, 1.165) is 12.1 Å². The standard InChI is InChI=1S/C14H21F3N6O3/c1-21(2)4-5-22(3)10-7-12(26-8-14(15,16)17)9(20-13(18)19)6-11(10)23(24)25/h6-7H,4-5,8H2,1-3H3,(H4,18,19,20). The van der Waals surface area contributed by atoms with Crippen LogP contribution < -0.4 is 21.1 Å². The van der Waals surface area contributed by atoms with Gasteiger partial charge in [-0.05, 0) is 14.1 Å². The molecule has 0 saturated heterocycles. The Labute approximate surface area is 148 Å². The lowest BCUT2D eigenvalue weighted by atomic mass is 10.2. The molecule has 0 spiro atoms. The van der Waals surface area contributed by atoms with Crippen molar-refractivity contribution in [3.05, 3.63) is 22.2 Å². The summed E-state index contributed by atoms with van der Waals surface area (Å²) in [5, 5.41) is 11.4. The molecule has 26 heavy (non-hydrogen) atoms. The number of hydrogen-bond acceptors (Lipinski definition) is 6. The Balaban J connectivity index is 3.38. The van der Waals surface area contributed by atoms with Crippen LogP contribution in [0.3, 0.4) is 0 Å². The van der Waals surface area contributed by atoms with Crippen LogP contribution in [-0.4, -0.2) is 62.8 Å². The Bertz CT molecular complexity index is 675. The molecule has 1 aromatic rings. The van der Waals surface area contributed by atoms with Crippen LogP contribution in [-0.2, 0) is 0 Å². The topological polar surface area (TPSA) is 123 Å². The van der Waals surface area contributed by atoms with Gasteiger partial charge in [0.05, 0.1) is 4.92 Å². The summed E-state index contributed by atoms with van der Waals surface area (Å²) in [6.07, 6.45) is -4.59. The largest absolute Gasteiger partial charge is 0.482 e. The molecule has 0 aliphatic rings. The number of nitro groups is 1. The summed E-state index contributed by atoms with van der Waals surface area (Å²) in [5.74, 6) is -0.780. The summed E-state index contributed by atoms with van der Waals surface area (Å²) >= 11 is 0. The predicted molar refractivity (Wildman–Crippen MR) is 91.9 cm³/mol. The van der Waals surface area contributed by atoms with Crippen LogP contribution in [0.15, 0.2) is 17.1 Å². The van der Waals surface area contributed by atoms with Gasteiger partial charge in [-0.2, -0.15) is 13.2 Å². The Morgan fingerprint density at radius 2 is 1.88 bits per heavy atom. The molecule has 0 aliphatic carbocycles. The van der Waals surface area contributed by atoms with E-state index in [9.17, 15) is 23.3 Å². The van der Waals surface area contributed by atoms with Gasteiger partial charge in [-0.3, -0.25) is 10.1 Å². The summed E-state index contributed by atoms with van der Waals surface area (Å²) in [7, 11) is 5.23. The summed E-state index contributed by atoms with van der Waals surface area (Å²) in [5.41, 5.74) is 9.96. The molecule has 0 radical (unpaired) electrons. The van der Waals surface area contributed by atoms with Gasteiger partial charge < -0.3 is 26.0 Å². The average molecular weight is 378 g/mol. The molecule has 0 aromatic heterocycles. The summed E-state index contributed by atoms with van der Waals surface area (Å²) in [6.45, 7) is -0.616. The van der Waals surface area contributed by atoms with Crippen LogP contribution in [0.5, 0.6) is 5.75 Å². The van der Waals surface area contributed by atoms with Crippen molar-refractivity contribution < 1.29 is 22.8 Å². The fraction of sp³-hybridized carbons (Fsp3) is 0.500. The van der Waals surface area contributed by atoms with Gasteiger partial charge in [-0.25, -0.2) is 4.99 Å². The summed E-state index contributed by atoms with van der Waals surface area (Å²) < 4.78 is 42.2. The van der Waals surface area contributed by atoms with Crippen LogP contribution in [0.25, 0.3) is 0 Å². The molecule has 0 bridgehead atoms. The molecule has 4 N–H and O–H groups in total. The lowest BCUT2D eigenvalue weighted by molar-refractivity contribution is -0.384. The van der Waals surface area contributed by atoms with Crippen molar-refractivity contribution in [2.75, 3.05) is 45.7 Å². The van der Waals surface area contributed by atoms with Crippen LogP contribution in [0, 0.1) is 10.1 Å². The normalized spacial score (nSPS) is 11.3. The molecule has 146 valence electrons. The van der Waals surface area contributed by atoms with Crippen molar-refractivity contribution in [2.24, 2.45) is 16.5 Å². The maximum atomic E-state index is 12.5. The first kappa shape index (κ1) is 21.3. The monoisotopic (exact) mass is 378 g/mol. The van der Waals surface area contributed by atoms with Gasteiger partial charge in [0.15, 0.2) is 12.6 Å². The quantitative estimate of drug-likeness (QED) is 0.304. The number of halogens is 3. The fourth-order valence-electron chi connectivity index (χ4n) is 1.97. The molecule has 0 amide bonds. The van der Waals surface area contributed by atoms with Gasteiger partial charge in [0.1, 0.15) is 17.1 Å². The minimum absolute atomic E-state index is 0.0866. The zero-order chi connectivity index (χ0) is 20.1. The van der Waals surface area contributed by atoms with Gasteiger partial charge in [0, 0.05) is 32.3 Å². The number of rotatable bonds is 8. The van der Waals surface area contributed by atoms with Gasteiger partial charge in [-0.15, -0.1) is 0 Å². The SMILES string of the molecule is CN(C)CCN(C)c1cc(OCC(F)(F)F)c(N=C(N)N)cc1[N+](=O)[O-]. The second kappa shape index (κ2) is 8.56. The third kappa shape index (κ3) is 6.63. The van der Waals surface area contributed by atoms with Crippen LogP contribution in [0.1, 0.15) is 0 Å². The Kier molecular flexibility index (Phi) is 7.01. The molecule has 1 aromatic carbocycles. The second-order valence-corrected chi connectivity index (χ2v) is 5.73. The van der Waals surface area contributed by atoms with Gasteiger partial charge in [0.2, 0.25) is 0 Å². The molecule has 9 nitrogen and oxygen atoms in total. The first-order valence-electron chi connectivity index (χ1n) is 7.38. The molecule has 0 atom stereocenters. The molecule has 1 rings (SSSR count). The Morgan fingerprint density at radius 1 is 1.27 bits per heavy atom. The minimum atomic E-state index is -4.59. The van der Waals surface area contributed by atoms with Crippen molar-refractivity contribution in [2.45, 2.75) is 6.18 Å². The van der Waals surface area contributed by atoms with Gasteiger partial charge in [0.25, 0.3) is 5.69 Å². The number of benzene rings is 1. The highest BCUT2D eigenvalue weighted by Crippen LogP contribution is 2.40. The second-order valence-electron chi connectivity index (χ2n) is 5.73. The summed E-state index contributed by atoms with van der Waals surface area (Å²) in [4.78, 5) is 17.7. The molecule has 0 fully saturated rings. The third-order valence-corrected chi connectivity index (χ3v) is 3.19. The number of anilines is 1. The van der Waals surface area contributed by atoms with Crippen LogP contribution in [0.4, 0.5) is 30.2 Å². The average Bonchev–Trinajstić information content (AvgIpc) is 2.49. The molecule has 12 heteroatoms. The third-order valence-electron chi connectivity index (χ3n) is 3.19. The van der Waals surface area contributed by atoms with E-state index < -0.39 is 23.7 Å². The maximum Gasteiger partial charge on any atom is 0.422 e. The highest BCUT2D eigenvalue weighted by molar-refractivity contribution is 5.82. The smallest absolute Gasteiger partial charge is 0.422 e. The summed E-state index contributed by atoms with van der Waals surface area (Å²) in [6, 6.07) is 2.11. The molecule has 0 heterocycles. The minimum Gasteiger partial charge on any atom is -0.482 e. The van der Waals surface area contributed by atoms with Crippen molar-refractivity contribution in [1.82, 2.24) is 4.90 Å². The van der Waals surface area contributed by atoms with E-state index in [1.54, 1.807) is 7.05 Å². The van der Waals surface area contributed by atoms with Crippen molar-refractivity contribution in [3.8, 4) is 5.75 Å². The predicted octanol–water partition coefficient (Wildman–Crippen LogP) is 1.44. The highest BCUT2D eigenvalue weighted by atomic mass is 19.4. The number of nitrogens with two attached hydrogens (primary N) is 2. The van der Waals surface area contributed by atoms with E-state index in [1.807, 2.05) is 19.0 Å². The van der Waals surface area contributed by atoms with E-state index in [0.29, 0.717) is 13.1 Å². The Hall–Kier alpha value is -2.76. The highest BCUT2D eigenvalue weighted by Gasteiger charge is 2.30. The van der Waals surface area contributed by atoms with E-state index in [-0.39, 0.29) is 22.8 Å². The van der Waals surface area contributed by atoms with E-state index in [2.05, 4.69) is 4.99 Å². The number of nitro benzene ring substituents is 1. The Morgan fingerprint density at radius 3 is 2.35 bits per heavy atom. The van der Waals surface area contributed by atoms with Gasteiger partial charge >= 0.3 is 6.18 Å². The van der Waals surface area contributed by atoms with E-state index in [4.69, 9.17) is 16.2 Å². The first-order valence-corrected chi connectivity index (χ1v) is 7.38. The lowest BCUT2D eigenvalue weighted by Gasteiger charge is -2.22. The lowest BCUT2D eigenvalue weighted by Crippen LogP contribution is -2.29. The number of aliphatic imine (C=N–C) groups is 1.